The van der Waals surface area contributed by atoms with Crippen molar-refractivity contribution < 1.29 is 19.1 Å². The topological polar surface area (TPSA) is 93.7 Å². The molecule has 1 aromatic carbocycles. The maximum Gasteiger partial charge on any atom is 0.265 e. The molecule has 4 rings (SSSR count). The lowest BCUT2D eigenvalue weighted by molar-refractivity contribution is 0.0591. The largest absolute Gasteiger partial charge is 0.497 e. The molecule has 0 bridgehead atoms. The zero-order valence-electron chi connectivity index (χ0n) is 18.6. The summed E-state index contributed by atoms with van der Waals surface area (Å²) in [6, 6.07) is 8.99. The van der Waals surface area contributed by atoms with Crippen LogP contribution < -0.4 is 14.8 Å². The third-order valence-electron chi connectivity index (χ3n) is 5.54. The summed E-state index contributed by atoms with van der Waals surface area (Å²) in [6.07, 6.45) is 6.99. The van der Waals surface area contributed by atoms with E-state index in [-0.39, 0.29) is 17.9 Å². The number of aromatic nitrogens is 2. The Balaban J connectivity index is 1.34. The van der Waals surface area contributed by atoms with Crippen LogP contribution in [0.5, 0.6) is 11.6 Å². The minimum Gasteiger partial charge on any atom is -0.497 e. The van der Waals surface area contributed by atoms with Gasteiger partial charge in [0.15, 0.2) is 0 Å². The quantitative estimate of drug-likeness (QED) is 0.565. The average molecular weight is 467 g/mol. The van der Waals surface area contributed by atoms with E-state index in [1.165, 1.54) is 11.3 Å². The molecule has 9 heteroatoms. The molecular weight excluding hydrogens is 440 g/mol. The Kier molecular flexibility index (Phi) is 7.19. The van der Waals surface area contributed by atoms with Gasteiger partial charge in [-0.2, -0.15) is 0 Å². The van der Waals surface area contributed by atoms with Crippen LogP contribution in [0.15, 0.2) is 48.9 Å². The Bertz CT molecular complexity index is 1110. The van der Waals surface area contributed by atoms with Crippen LogP contribution in [0.4, 0.5) is 5.69 Å². The van der Waals surface area contributed by atoms with Gasteiger partial charge in [0.05, 0.1) is 23.1 Å². The predicted octanol–water partition coefficient (Wildman–Crippen LogP) is 4.05. The fraction of sp³-hybridized carbons (Fsp3) is 0.333. The Morgan fingerprint density at radius 3 is 2.64 bits per heavy atom. The zero-order valence-corrected chi connectivity index (χ0v) is 19.4. The van der Waals surface area contributed by atoms with Crippen molar-refractivity contribution in [1.82, 2.24) is 14.9 Å². The van der Waals surface area contributed by atoms with Crippen molar-refractivity contribution >= 4 is 28.8 Å². The number of carbonyl (C=O) groups excluding carboxylic acids is 2. The van der Waals surface area contributed by atoms with E-state index in [9.17, 15) is 9.59 Å². The highest BCUT2D eigenvalue weighted by Crippen LogP contribution is 2.26. The van der Waals surface area contributed by atoms with Gasteiger partial charge in [-0.1, -0.05) is 6.92 Å². The van der Waals surface area contributed by atoms with Gasteiger partial charge in [-0.05, 0) is 42.3 Å². The van der Waals surface area contributed by atoms with E-state index < -0.39 is 0 Å². The Morgan fingerprint density at radius 2 is 1.94 bits per heavy atom. The van der Waals surface area contributed by atoms with E-state index in [1.54, 1.807) is 37.8 Å². The second-order valence-electron chi connectivity index (χ2n) is 7.65. The van der Waals surface area contributed by atoms with Gasteiger partial charge in [0.25, 0.3) is 11.8 Å². The number of hydrogen-bond donors (Lipinski definition) is 1. The first kappa shape index (κ1) is 22.7. The highest BCUT2D eigenvalue weighted by Gasteiger charge is 2.26. The van der Waals surface area contributed by atoms with Crippen molar-refractivity contribution in [3.63, 3.8) is 0 Å². The fourth-order valence-electron chi connectivity index (χ4n) is 3.72. The minimum absolute atomic E-state index is 0.00711. The SMILES string of the molecule is CCc1cc(OC)ccc1NC(=O)c1ccc(C(=O)N2CCC(Oc3cnccn3)CC2)s1. The standard InChI is InChI=1S/C24H26N4O4S/c1-3-16-14-18(31-2)4-5-19(16)27-23(29)20-6-7-21(33-20)24(30)28-12-8-17(9-13-28)32-22-15-25-10-11-26-22/h4-7,10-11,14-15,17H,3,8-9,12-13H2,1-2H3,(H,27,29). The van der Waals surface area contributed by atoms with Gasteiger partial charge in [-0.25, -0.2) is 4.98 Å². The fourth-order valence-corrected chi connectivity index (χ4v) is 4.59. The number of anilines is 1. The molecule has 0 saturated carbocycles. The molecule has 33 heavy (non-hydrogen) atoms. The monoisotopic (exact) mass is 466 g/mol. The summed E-state index contributed by atoms with van der Waals surface area (Å²) >= 11 is 1.21. The van der Waals surface area contributed by atoms with E-state index >= 15 is 0 Å². The number of methoxy groups -OCH3 is 1. The molecule has 1 aliphatic rings. The van der Waals surface area contributed by atoms with Gasteiger partial charge < -0.3 is 19.7 Å². The summed E-state index contributed by atoms with van der Waals surface area (Å²) in [6.45, 7) is 3.21. The van der Waals surface area contributed by atoms with Gasteiger partial charge in [-0.15, -0.1) is 11.3 Å². The van der Waals surface area contributed by atoms with E-state index in [2.05, 4.69) is 15.3 Å². The molecule has 172 valence electrons. The normalized spacial score (nSPS) is 14.1. The van der Waals surface area contributed by atoms with E-state index in [0.29, 0.717) is 28.7 Å². The van der Waals surface area contributed by atoms with Crippen LogP contribution in [0.3, 0.4) is 0 Å². The first-order chi connectivity index (χ1) is 16.1. The second kappa shape index (κ2) is 10.4. The third kappa shape index (κ3) is 5.48. The number of thiophene rings is 1. The number of nitrogens with one attached hydrogen (secondary N) is 1. The van der Waals surface area contributed by atoms with Gasteiger partial charge >= 0.3 is 0 Å². The number of piperidine rings is 1. The van der Waals surface area contributed by atoms with Gasteiger partial charge in [-0.3, -0.25) is 14.6 Å². The number of hydrogen-bond acceptors (Lipinski definition) is 7. The van der Waals surface area contributed by atoms with Crippen molar-refractivity contribution in [2.45, 2.75) is 32.3 Å². The van der Waals surface area contributed by atoms with Crippen LogP contribution in [0, 0.1) is 0 Å². The number of benzene rings is 1. The van der Waals surface area contributed by atoms with E-state index in [1.807, 2.05) is 30.0 Å². The minimum atomic E-state index is -0.227. The molecule has 8 nitrogen and oxygen atoms in total. The number of aryl methyl sites for hydroxylation is 1. The maximum absolute atomic E-state index is 13.0. The third-order valence-corrected chi connectivity index (χ3v) is 6.61. The Hall–Kier alpha value is -3.46. The van der Waals surface area contributed by atoms with Gasteiger partial charge in [0.1, 0.15) is 11.9 Å². The first-order valence-electron chi connectivity index (χ1n) is 10.9. The van der Waals surface area contributed by atoms with Crippen LogP contribution in [0.25, 0.3) is 0 Å². The lowest BCUT2D eigenvalue weighted by atomic mass is 10.1. The predicted molar refractivity (Wildman–Crippen MR) is 126 cm³/mol. The van der Waals surface area contributed by atoms with Crippen molar-refractivity contribution in [3.05, 3.63) is 64.2 Å². The highest BCUT2D eigenvalue weighted by molar-refractivity contribution is 7.16. The molecule has 1 saturated heterocycles. The smallest absolute Gasteiger partial charge is 0.265 e. The van der Waals surface area contributed by atoms with Crippen molar-refractivity contribution in [2.75, 3.05) is 25.5 Å². The molecular formula is C24H26N4O4S. The summed E-state index contributed by atoms with van der Waals surface area (Å²) in [5, 5.41) is 2.95. The van der Waals surface area contributed by atoms with Crippen molar-refractivity contribution in [1.29, 1.82) is 0 Å². The molecule has 2 aromatic heterocycles. The number of amides is 2. The van der Waals surface area contributed by atoms with Crippen LogP contribution in [-0.2, 0) is 6.42 Å². The van der Waals surface area contributed by atoms with Crippen LogP contribution in [-0.4, -0.2) is 53.0 Å². The average Bonchev–Trinajstić information content (AvgIpc) is 3.35. The number of ether oxygens (including phenoxy) is 2. The molecule has 1 aliphatic heterocycles. The second-order valence-corrected chi connectivity index (χ2v) is 8.73. The van der Waals surface area contributed by atoms with Crippen LogP contribution in [0.2, 0.25) is 0 Å². The molecule has 0 atom stereocenters. The summed E-state index contributed by atoms with van der Waals surface area (Å²) in [4.78, 5) is 36.7. The number of likely N-dealkylation sites (tertiary alicyclic amines) is 1. The number of carbonyl (C=O) groups is 2. The zero-order chi connectivity index (χ0) is 23.2. The molecule has 0 spiro atoms. The first-order valence-corrected chi connectivity index (χ1v) is 11.7. The lowest BCUT2D eigenvalue weighted by Crippen LogP contribution is -2.41. The van der Waals surface area contributed by atoms with Crippen LogP contribution >= 0.6 is 11.3 Å². The maximum atomic E-state index is 13.0. The van der Waals surface area contributed by atoms with Crippen molar-refractivity contribution in [3.8, 4) is 11.6 Å². The Morgan fingerprint density at radius 1 is 1.15 bits per heavy atom. The summed E-state index contributed by atoms with van der Waals surface area (Å²) < 4.78 is 11.1. The van der Waals surface area contributed by atoms with E-state index in [0.717, 1.165) is 36.3 Å². The van der Waals surface area contributed by atoms with Crippen molar-refractivity contribution in [2.24, 2.45) is 0 Å². The van der Waals surface area contributed by atoms with Gasteiger partial charge in [0.2, 0.25) is 5.88 Å². The molecule has 3 aromatic rings. The molecule has 0 unspecified atom stereocenters. The number of nitrogens with zero attached hydrogens (tertiary/aromatic N) is 3. The number of rotatable bonds is 7. The highest BCUT2D eigenvalue weighted by atomic mass is 32.1. The van der Waals surface area contributed by atoms with Crippen LogP contribution in [0.1, 0.15) is 44.7 Å². The lowest BCUT2D eigenvalue weighted by Gasteiger charge is -2.31. The summed E-state index contributed by atoms with van der Waals surface area (Å²) in [5.74, 6) is 0.963. The van der Waals surface area contributed by atoms with E-state index in [4.69, 9.17) is 9.47 Å². The molecule has 1 fully saturated rings. The van der Waals surface area contributed by atoms with Gasteiger partial charge in [0, 0.05) is 44.0 Å². The molecule has 2 amide bonds. The Labute approximate surface area is 196 Å². The molecule has 0 aliphatic carbocycles. The molecule has 1 N–H and O–H groups in total. The summed E-state index contributed by atoms with van der Waals surface area (Å²) in [7, 11) is 1.62. The molecule has 0 radical (unpaired) electrons. The molecule has 3 heterocycles. The summed E-state index contributed by atoms with van der Waals surface area (Å²) in [5.41, 5.74) is 1.73.